The molecule has 338 valence electrons. The Hall–Kier alpha value is -2.77. The smallest absolute Gasteiger partial charge is 0.305 e. The molecule has 0 aliphatic heterocycles. The minimum Gasteiger partial charge on any atom is -0.505 e. The lowest BCUT2D eigenvalue weighted by atomic mass is 9.68. The Morgan fingerprint density at radius 2 is 0.983 bits per heavy atom. The van der Waals surface area contributed by atoms with Gasteiger partial charge in [-0.3, -0.25) is 4.79 Å². The van der Waals surface area contributed by atoms with Crippen molar-refractivity contribution in [3.8, 4) is 11.5 Å². The Labute approximate surface area is 360 Å². The number of aromatic hydroxyl groups is 1. The van der Waals surface area contributed by atoms with Gasteiger partial charge in [-0.1, -0.05) is 103 Å². The number of hydrogen-bond donors (Lipinski definition) is 1. The first kappa shape index (κ1) is 48.3. The molecule has 2 aromatic rings. The van der Waals surface area contributed by atoms with Crippen molar-refractivity contribution >= 4 is 5.97 Å². The highest BCUT2D eigenvalue weighted by molar-refractivity contribution is 5.69. The normalized spacial score (nSPS) is 27.1. The van der Waals surface area contributed by atoms with Gasteiger partial charge in [-0.25, -0.2) is 8.78 Å². The first-order valence-electron chi connectivity index (χ1n) is 24.6. The minimum atomic E-state index is -1.09. The molecule has 6 rings (SSSR count). The van der Waals surface area contributed by atoms with Crippen LogP contribution >= 0.6 is 0 Å². The SMILES string of the molecule is CCCCCC1CCC(C2CCC(c3ccc(O)c(F)c3F)CC2)CC1.CCCCCC1CCC(C2CCC(c3ccc(OCCCC(=O)OCC)c(F)c3F)CC2)CC1. The molecule has 8 heteroatoms. The summed E-state index contributed by atoms with van der Waals surface area (Å²) in [7, 11) is 0. The zero-order chi connectivity index (χ0) is 42.9. The molecule has 2 aromatic carbocycles. The first-order valence-corrected chi connectivity index (χ1v) is 24.6. The Balaban J connectivity index is 0.000000236. The van der Waals surface area contributed by atoms with Crippen LogP contribution in [0, 0.1) is 58.8 Å². The second kappa shape index (κ2) is 25.4. The molecule has 0 saturated heterocycles. The third-order valence-corrected chi connectivity index (χ3v) is 15.2. The molecule has 4 nitrogen and oxygen atoms in total. The molecule has 0 spiro atoms. The van der Waals surface area contributed by atoms with E-state index in [4.69, 9.17) is 9.47 Å². The average molecular weight is 843 g/mol. The number of ether oxygens (including phenoxy) is 2. The number of phenols is 1. The monoisotopic (exact) mass is 843 g/mol. The summed E-state index contributed by atoms with van der Waals surface area (Å²) in [6.07, 6.45) is 30.9. The van der Waals surface area contributed by atoms with Gasteiger partial charge in [0.1, 0.15) is 0 Å². The fraction of sp³-hybridized carbons (Fsp3) is 0.750. The number of unbranched alkanes of at least 4 members (excludes halogenated alkanes) is 4. The standard InChI is InChI=1S/C29H44F2O3.C23H34F2O/c1-3-5-6-8-21-10-12-22(13-11-21)23-14-16-24(17-15-23)25-18-19-26(29(31)28(25)30)34-20-7-9-27(32)33-4-2;1-2-3-4-5-16-6-8-17(9-7-16)18-10-12-19(13-11-18)20-14-15-21(26)23(25)22(20)24/h18-19,21-24H,3-17,20H2,1-2H3;14-19,26H,2-13H2,1H3. The molecule has 1 N–H and O–H groups in total. The molecule has 0 unspecified atom stereocenters. The topological polar surface area (TPSA) is 55.8 Å². The molecule has 0 aromatic heterocycles. The zero-order valence-corrected chi connectivity index (χ0v) is 37.4. The lowest BCUT2D eigenvalue weighted by Gasteiger charge is -2.38. The summed E-state index contributed by atoms with van der Waals surface area (Å²) >= 11 is 0. The zero-order valence-electron chi connectivity index (χ0n) is 37.4. The predicted molar refractivity (Wildman–Crippen MR) is 234 cm³/mol. The van der Waals surface area contributed by atoms with Crippen molar-refractivity contribution in [2.45, 2.75) is 200 Å². The van der Waals surface area contributed by atoms with Crippen LogP contribution in [0.4, 0.5) is 17.6 Å². The van der Waals surface area contributed by atoms with E-state index in [1.165, 1.54) is 109 Å². The summed E-state index contributed by atoms with van der Waals surface area (Å²) in [6.45, 7) is 6.78. The fourth-order valence-electron chi connectivity index (χ4n) is 11.5. The van der Waals surface area contributed by atoms with Crippen molar-refractivity contribution in [1.29, 1.82) is 0 Å². The molecule has 0 amide bonds. The van der Waals surface area contributed by atoms with Crippen LogP contribution < -0.4 is 4.74 Å². The van der Waals surface area contributed by atoms with Gasteiger partial charge in [-0.05, 0) is 161 Å². The van der Waals surface area contributed by atoms with E-state index in [1.54, 1.807) is 25.1 Å². The number of phenolic OH excluding ortho intramolecular Hbond substituents is 1. The maximum absolute atomic E-state index is 14.9. The molecule has 0 atom stereocenters. The van der Waals surface area contributed by atoms with Gasteiger partial charge in [0.2, 0.25) is 11.6 Å². The molecule has 0 radical (unpaired) electrons. The Kier molecular flexibility index (Phi) is 20.4. The quantitative estimate of drug-likeness (QED) is 0.0923. The van der Waals surface area contributed by atoms with E-state index in [-0.39, 0.29) is 36.6 Å². The second-order valence-electron chi connectivity index (χ2n) is 19.1. The number of hydrogen-bond acceptors (Lipinski definition) is 4. The van der Waals surface area contributed by atoms with E-state index in [1.807, 2.05) is 0 Å². The number of esters is 1. The highest BCUT2D eigenvalue weighted by Gasteiger charge is 2.34. The molecular formula is C52H78F4O4. The maximum atomic E-state index is 14.9. The molecular weight excluding hydrogens is 765 g/mol. The van der Waals surface area contributed by atoms with Crippen molar-refractivity contribution in [3.63, 3.8) is 0 Å². The van der Waals surface area contributed by atoms with Crippen LogP contribution in [0.25, 0.3) is 0 Å². The van der Waals surface area contributed by atoms with Crippen molar-refractivity contribution < 1.29 is 36.9 Å². The van der Waals surface area contributed by atoms with E-state index in [9.17, 15) is 27.5 Å². The van der Waals surface area contributed by atoms with Gasteiger partial charge in [0.15, 0.2) is 23.1 Å². The van der Waals surface area contributed by atoms with E-state index in [0.717, 1.165) is 86.9 Å². The lowest BCUT2D eigenvalue weighted by molar-refractivity contribution is -0.143. The number of rotatable bonds is 18. The van der Waals surface area contributed by atoms with Crippen LogP contribution in [0.15, 0.2) is 24.3 Å². The third-order valence-electron chi connectivity index (χ3n) is 15.2. The number of halogens is 4. The van der Waals surface area contributed by atoms with Crippen LogP contribution in [-0.2, 0) is 9.53 Å². The highest BCUT2D eigenvalue weighted by Crippen LogP contribution is 2.47. The second-order valence-corrected chi connectivity index (χ2v) is 19.1. The van der Waals surface area contributed by atoms with Gasteiger partial charge in [0, 0.05) is 6.42 Å². The van der Waals surface area contributed by atoms with Crippen molar-refractivity contribution in [1.82, 2.24) is 0 Å². The van der Waals surface area contributed by atoms with Gasteiger partial charge in [0.05, 0.1) is 13.2 Å². The van der Waals surface area contributed by atoms with Crippen LogP contribution in [0.5, 0.6) is 11.5 Å². The summed E-state index contributed by atoms with van der Waals surface area (Å²) in [4.78, 5) is 11.4. The summed E-state index contributed by atoms with van der Waals surface area (Å²) in [5.74, 6) is 0.703. The minimum absolute atomic E-state index is 0.0745. The Morgan fingerprint density at radius 1 is 0.550 bits per heavy atom. The molecule has 0 bridgehead atoms. The van der Waals surface area contributed by atoms with E-state index < -0.39 is 29.0 Å². The van der Waals surface area contributed by atoms with Gasteiger partial charge in [-0.15, -0.1) is 0 Å². The van der Waals surface area contributed by atoms with Gasteiger partial charge < -0.3 is 14.6 Å². The predicted octanol–water partition coefficient (Wildman–Crippen LogP) is 15.7. The van der Waals surface area contributed by atoms with Crippen LogP contribution in [0.2, 0.25) is 0 Å². The maximum Gasteiger partial charge on any atom is 0.305 e. The van der Waals surface area contributed by atoms with E-state index >= 15 is 0 Å². The summed E-state index contributed by atoms with van der Waals surface area (Å²) < 4.78 is 67.6. The third kappa shape index (κ3) is 14.1. The molecule has 4 aliphatic carbocycles. The molecule has 4 aliphatic rings. The van der Waals surface area contributed by atoms with Crippen LogP contribution in [0.1, 0.15) is 211 Å². The molecule has 60 heavy (non-hydrogen) atoms. The summed E-state index contributed by atoms with van der Waals surface area (Å²) in [5, 5.41) is 9.31. The Morgan fingerprint density at radius 3 is 1.43 bits per heavy atom. The van der Waals surface area contributed by atoms with Crippen molar-refractivity contribution in [2.24, 2.45) is 35.5 Å². The van der Waals surface area contributed by atoms with Crippen molar-refractivity contribution in [3.05, 3.63) is 58.7 Å². The Bertz CT molecular complexity index is 1550. The average Bonchev–Trinajstić information content (AvgIpc) is 3.27. The van der Waals surface area contributed by atoms with Gasteiger partial charge in [-0.2, -0.15) is 8.78 Å². The first-order chi connectivity index (χ1) is 29.1. The van der Waals surface area contributed by atoms with E-state index in [0.29, 0.717) is 24.2 Å². The molecule has 4 fully saturated rings. The van der Waals surface area contributed by atoms with Gasteiger partial charge >= 0.3 is 5.97 Å². The van der Waals surface area contributed by atoms with Crippen LogP contribution in [-0.4, -0.2) is 24.3 Å². The van der Waals surface area contributed by atoms with Crippen LogP contribution in [0.3, 0.4) is 0 Å². The van der Waals surface area contributed by atoms with Crippen molar-refractivity contribution in [2.75, 3.05) is 13.2 Å². The number of carbonyl (C=O) groups is 1. The van der Waals surface area contributed by atoms with Gasteiger partial charge in [0.25, 0.3) is 0 Å². The number of benzene rings is 2. The number of carbonyl (C=O) groups excluding carboxylic acids is 1. The summed E-state index contributed by atoms with van der Waals surface area (Å²) in [6, 6.07) is 6.11. The summed E-state index contributed by atoms with van der Waals surface area (Å²) in [5.41, 5.74) is 0.952. The fourth-order valence-corrected chi connectivity index (χ4v) is 11.5. The highest BCUT2D eigenvalue weighted by atomic mass is 19.2. The lowest BCUT2D eigenvalue weighted by Crippen LogP contribution is -2.25. The molecule has 0 heterocycles. The largest absolute Gasteiger partial charge is 0.505 e. The molecule has 4 saturated carbocycles. The van der Waals surface area contributed by atoms with E-state index in [2.05, 4.69) is 13.8 Å².